The fraction of sp³-hybridized carbons (Fsp3) is 0.591. The zero-order chi connectivity index (χ0) is 23.0. The number of rotatable bonds is 3. The molecule has 0 saturated carbocycles. The maximum absolute atomic E-state index is 14.8. The number of nitrogens with one attached hydrogen (secondary N) is 3. The number of hydrogen-bond donors (Lipinski definition) is 3. The van der Waals surface area contributed by atoms with Gasteiger partial charge in [0.2, 0.25) is 0 Å². The second-order valence-electron chi connectivity index (χ2n) is 9.13. The zero-order valence-electron chi connectivity index (χ0n) is 18.6. The molecule has 3 aliphatic heterocycles. The summed E-state index contributed by atoms with van der Waals surface area (Å²) >= 11 is 0. The van der Waals surface area contributed by atoms with Gasteiger partial charge in [0, 0.05) is 31.9 Å². The Bertz CT molecular complexity index is 910. The molecule has 3 heterocycles. The van der Waals surface area contributed by atoms with Crippen LogP contribution in [0, 0.1) is 11.7 Å². The van der Waals surface area contributed by atoms with Crippen LogP contribution in [0.25, 0.3) is 0 Å². The Labute approximate surface area is 186 Å². The molecule has 10 heteroatoms. The number of hydrogen-bond acceptors (Lipinski definition) is 5. The normalized spacial score (nSPS) is 29.0. The van der Waals surface area contributed by atoms with Gasteiger partial charge in [-0.1, -0.05) is 0 Å². The van der Waals surface area contributed by atoms with Crippen LogP contribution in [0.15, 0.2) is 18.2 Å². The first-order valence-corrected chi connectivity index (χ1v) is 11.0. The number of halogens is 1. The summed E-state index contributed by atoms with van der Waals surface area (Å²) in [6.45, 7) is 7.75. The number of likely N-dealkylation sites (tertiary alicyclic amines) is 1. The number of piperidine rings is 1. The van der Waals surface area contributed by atoms with Crippen LogP contribution in [0.3, 0.4) is 0 Å². The summed E-state index contributed by atoms with van der Waals surface area (Å²) in [4.78, 5) is 40.0. The third-order valence-corrected chi connectivity index (χ3v) is 6.63. The second kappa shape index (κ2) is 8.57. The molecular weight excluding hydrogens is 417 g/mol. The van der Waals surface area contributed by atoms with Gasteiger partial charge in [0.05, 0.1) is 17.9 Å². The van der Waals surface area contributed by atoms with E-state index in [-0.39, 0.29) is 30.1 Å². The number of nitrogens with zero attached hydrogens (tertiary/aromatic N) is 2. The Morgan fingerprint density at radius 1 is 1.19 bits per heavy atom. The van der Waals surface area contributed by atoms with Gasteiger partial charge in [0.25, 0.3) is 5.91 Å². The number of anilines is 2. The first-order chi connectivity index (χ1) is 15.2. The van der Waals surface area contributed by atoms with E-state index in [4.69, 9.17) is 4.74 Å². The van der Waals surface area contributed by atoms with E-state index in [1.807, 2.05) is 18.7 Å². The molecule has 3 fully saturated rings. The molecule has 0 unspecified atom stereocenters. The molecule has 3 saturated heterocycles. The van der Waals surface area contributed by atoms with Crippen LogP contribution < -0.4 is 20.9 Å². The van der Waals surface area contributed by atoms with Crippen molar-refractivity contribution in [2.24, 2.45) is 5.92 Å². The van der Waals surface area contributed by atoms with Crippen LogP contribution >= 0.6 is 0 Å². The lowest BCUT2D eigenvalue weighted by atomic mass is 9.79. The molecule has 1 aromatic carbocycles. The minimum Gasteiger partial charge on any atom is -0.372 e. The van der Waals surface area contributed by atoms with Gasteiger partial charge in [-0.3, -0.25) is 10.1 Å². The number of ether oxygens (including phenoxy) is 1. The summed E-state index contributed by atoms with van der Waals surface area (Å²) in [7, 11) is 0. The number of benzene rings is 1. The highest BCUT2D eigenvalue weighted by molar-refractivity contribution is 6.07. The van der Waals surface area contributed by atoms with Gasteiger partial charge in [0.1, 0.15) is 11.4 Å². The first-order valence-electron chi connectivity index (χ1n) is 11.0. The Kier molecular flexibility index (Phi) is 5.98. The minimum absolute atomic E-state index is 0.0198. The quantitative estimate of drug-likeness (QED) is 0.617. The van der Waals surface area contributed by atoms with Crippen LogP contribution in [0.2, 0.25) is 0 Å². The number of imide groups is 1. The molecule has 32 heavy (non-hydrogen) atoms. The summed E-state index contributed by atoms with van der Waals surface area (Å²) in [5.41, 5.74) is -0.0642. The molecule has 9 nitrogen and oxygen atoms in total. The van der Waals surface area contributed by atoms with E-state index in [1.165, 1.54) is 6.07 Å². The fourth-order valence-electron chi connectivity index (χ4n) is 4.92. The Morgan fingerprint density at radius 2 is 1.84 bits per heavy atom. The highest BCUT2D eigenvalue weighted by Crippen LogP contribution is 2.31. The molecule has 3 atom stereocenters. The number of carbonyl (C=O) groups is 3. The molecule has 0 aromatic heterocycles. The van der Waals surface area contributed by atoms with Crippen molar-refractivity contribution in [1.82, 2.24) is 15.5 Å². The molecule has 0 bridgehead atoms. The minimum atomic E-state index is -0.951. The topological polar surface area (TPSA) is 103 Å². The van der Waals surface area contributed by atoms with Gasteiger partial charge in [-0.25, -0.2) is 14.0 Å². The molecule has 0 spiro atoms. The van der Waals surface area contributed by atoms with Crippen molar-refractivity contribution in [2.75, 3.05) is 36.4 Å². The lowest BCUT2D eigenvalue weighted by Crippen LogP contribution is -2.54. The Hall–Kier alpha value is -2.88. The Morgan fingerprint density at radius 3 is 2.41 bits per heavy atom. The maximum atomic E-state index is 14.8. The van der Waals surface area contributed by atoms with Gasteiger partial charge in [-0.2, -0.15) is 0 Å². The second-order valence-corrected chi connectivity index (χ2v) is 9.13. The summed E-state index contributed by atoms with van der Waals surface area (Å²) in [6, 6.07) is 3.93. The van der Waals surface area contributed by atoms with Gasteiger partial charge >= 0.3 is 12.1 Å². The summed E-state index contributed by atoms with van der Waals surface area (Å²) in [5.74, 6) is -0.781. The van der Waals surface area contributed by atoms with E-state index in [1.54, 1.807) is 24.0 Å². The van der Waals surface area contributed by atoms with E-state index >= 15 is 0 Å². The predicted molar refractivity (Wildman–Crippen MR) is 117 cm³/mol. The number of amides is 5. The molecular formula is C22H30FN5O4. The third-order valence-electron chi connectivity index (χ3n) is 6.63. The van der Waals surface area contributed by atoms with E-state index in [0.717, 1.165) is 0 Å². The lowest BCUT2D eigenvalue weighted by Gasteiger charge is -2.38. The van der Waals surface area contributed by atoms with E-state index in [9.17, 15) is 18.8 Å². The highest BCUT2D eigenvalue weighted by atomic mass is 19.1. The van der Waals surface area contributed by atoms with Gasteiger partial charge < -0.3 is 25.2 Å². The molecule has 3 N–H and O–H groups in total. The number of morpholine rings is 1. The standard InChI is InChI=1S/C22H30FN5O4/c1-13-11-28(12-14(2)32-13)18-5-4-16(10-17(18)23)24-21(31)27-8-6-15(7-9-27)22(3)19(29)25-20(30)26-22/h4-5,10,13-15H,6-9,11-12H2,1-3H3,(H,24,31)(H2,25,26,29,30)/t13-,14-,22+/m1/s1. The average molecular weight is 448 g/mol. The van der Waals surface area contributed by atoms with Crippen molar-refractivity contribution >= 4 is 29.3 Å². The van der Waals surface area contributed by atoms with Crippen molar-refractivity contribution in [3.8, 4) is 0 Å². The van der Waals surface area contributed by atoms with Gasteiger partial charge in [0.15, 0.2) is 0 Å². The van der Waals surface area contributed by atoms with Gasteiger partial charge in [-0.15, -0.1) is 0 Å². The zero-order valence-corrected chi connectivity index (χ0v) is 18.6. The predicted octanol–water partition coefficient (Wildman–Crippen LogP) is 2.28. The van der Waals surface area contributed by atoms with Crippen LogP contribution in [0.4, 0.5) is 25.4 Å². The maximum Gasteiger partial charge on any atom is 0.322 e. The SMILES string of the molecule is C[C@@H]1CN(c2ccc(NC(=O)N3CCC([C@]4(C)NC(=O)NC4=O)CC3)cc2F)C[C@@H](C)O1. The van der Waals surface area contributed by atoms with Crippen molar-refractivity contribution in [3.63, 3.8) is 0 Å². The summed E-state index contributed by atoms with van der Waals surface area (Å²) < 4.78 is 20.5. The Balaban J connectivity index is 1.34. The van der Waals surface area contributed by atoms with Crippen molar-refractivity contribution in [2.45, 2.75) is 51.4 Å². The highest BCUT2D eigenvalue weighted by Gasteiger charge is 2.48. The molecule has 5 amide bonds. The van der Waals surface area contributed by atoms with Crippen molar-refractivity contribution < 1.29 is 23.5 Å². The smallest absolute Gasteiger partial charge is 0.322 e. The summed E-state index contributed by atoms with van der Waals surface area (Å²) in [6.07, 6.45) is 1.20. The van der Waals surface area contributed by atoms with Crippen molar-refractivity contribution in [1.29, 1.82) is 0 Å². The molecule has 1 aromatic rings. The van der Waals surface area contributed by atoms with Crippen LogP contribution in [0.1, 0.15) is 33.6 Å². The molecule has 4 rings (SSSR count). The summed E-state index contributed by atoms with van der Waals surface area (Å²) in [5, 5.41) is 7.75. The van der Waals surface area contributed by atoms with Crippen LogP contribution in [0.5, 0.6) is 0 Å². The number of carbonyl (C=O) groups excluding carboxylic acids is 3. The van der Waals surface area contributed by atoms with E-state index in [0.29, 0.717) is 50.4 Å². The number of urea groups is 2. The van der Waals surface area contributed by atoms with E-state index in [2.05, 4.69) is 16.0 Å². The van der Waals surface area contributed by atoms with Crippen molar-refractivity contribution in [3.05, 3.63) is 24.0 Å². The van der Waals surface area contributed by atoms with E-state index < -0.39 is 17.4 Å². The third kappa shape index (κ3) is 4.36. The van der Waals surface area contributed by atoms with Crippen LogP contribution in [-0.4, -0.2) is 66.8 Å². The lowest BCUT2D eigenvalue weighted by molar-refractivity contribution is -0.125. The average Bonchev–Trinajstić information content (AvgIpc) is 2.99. The first kappa shape index (κ1) is 22.3. The van der Waals surface area contributed by atoms with Gasteiger partial charge in [-0.05, 0) is 57.7 Å². The molecule has 0 aliphatic carbocycles. The fourth-order valence-corrected chi connectivity index (χ4v) is 4.92. The molecule has 0 radical (unpaired) electrons. The monoisotopic (exact) mass is 447 g/mol. The largest absolute Gasteiger partial charge is 0.372 e. The van der Waals surface area contributed by atoms with Crippen LogP contribution in [-0.2, 0) is 9.53 Å². The molecule has 3 aliphatic rings. The molecule has 174 valence electrons.